The van der Waals surface area contributed by atoms with E-state index in [1.807, 2.05) is 0 Å². The summed E-state index contributed by atoms with van der Waals surface area (Å²) in [4.78, 5) is 0. The standard InChI is InChI=1S/C17H40N2O/c1-9-18(10-2,11-3)15-16(7)20-17(8)19(12-4,13-5)14-6/h16-17H,9-15H2,1-8H3/q+2. The lowest BCUT2D eigenvalue weighted by Crippen LogP contribution is -2.57. The SMILES string of the molecule is CC[N+](CC)(CC)CC(C)OC(C)[N+](CC)(CC)CC. The Balaban J connectivity index is 4.70. The van der Waals surface area contributed by atoms with E-state index >= 15 is 0 Å². The van der Waals surface area contributed by atoms with Crippen LogP contribution in [0.15, 0.2) is 0 Å². The highest BCUT2D eigenvalue weighted by Crippen LogP contribution is 2.18. The second kappa shape index (κ2) is 9.01. The summed E-state index contributed by atoms with van der Waals surface area (Å²) in [6.07, 6.45) is 0.615. The molecule has 0 rings (SSSR count). The normalized spacial score (nSPS) is 16.2. The van der Waals surface area contributed by atoms with Crippen LogP contribution < -0.4 is 0 Å². The molecule has 0 aliphatic carbocycles. The van der Waals surface area contributed by atoms with Crippen molar-refractivity contribution in [2.24, 2.45) is 0 Å². The molecule has 0 spiro atoms. The summed E-state index contributed by atoms with van der Waals surface area (Å²) in [5.41, 5.74) is 0. The molecule has 20 heavy (non-hydrogen) atoms. The van der Waals surface area contributed by atoms with E-state index in [2.05, 4.69) is 55.4 Å². The van der Waals surface area contributed by atoms with Crippen molar-refractivity contribution in [2.45, 2.75) is 67.7 Å². The van der Waals surface area contributed by atoms with Crippen molar-refractivity contribution in [3.63, 3.8) is 0 Å². The Hall–Kier alpha value is -0.120. The molecule has 0 fully saturated rings. The van der Waals surface area contributed by atoms with Gasteiger partial charge in [0.15, 0.2) is 6.23 Å². The summed E-state index contributed by atoms with van der Waals surface area (Å²) >= 11 is 0. The maximum Gasteiger partial charge on any atom is 0.190 e. The highest BCUT2D eigenvalue weighted by atomic mass is 16.5. The fraction of sp³-hybridized carbons (Fsp3) is 1.00. The van der Waals surface area contributed by atoms with E-state index in [1.54, 1.807) is 0 Å². The highest BCUT2D eigenvalue weighted by molar-refractivity contribution is 4.53. The van der Waals surface area contributed by atoms with Crippen LogP contribution in [0.1, 0.15) is 55.4 Å². The van der Waals surface area contributed by atoms with E-state index in [9.17, 15) is 0 Å². The molecule has 0 N–H and O–H groups in total. The van der Waals surface area contributed by atoms with Crippen LogP contribution in [0.2, 0.25) is 0 Å². The number of nitrogens with zero attached hydrogens (tertiary/aromatic N) is 2. The number of quaternary nitrogens is 2. The summed E-state index contributed by atoms with van der Waals surface area (Å²) in [7, 11) is 0. The minimum absolute atomic E-state index is 0.289. The van der Waals surface area contributed by atoms with Crippen LogP contribution in [0.5, 0.6) is 0 Å². The molecule has 3 heteroatoms. The summed E-state index contributed by atoms with van der Waals surface area (Å²) in [5, 5.41) is 0. The Morgan fingerprint density at radius 3 is 1.40 bits per heavy atom. The highest BCUT2D eigenvalue weighted by Gasteiger charge is 2.33. The summed E-state index contributed by atoms with van der Waals surface area (Å²) in [5.74, 6) is 0. The van der Waals surface area contributed by atoms with Gasteiger partial charge in [-0.15, -0.1) is 0 Å². The molecular formula is C17H40N2O+2. The predicted octanol–water partition coefficient (Wildman–Crippen LogP) is 3.49. The lowest BCUT2D eigenvalue weighted by atomic mass is 10.2. The molecule has 0 aliphatic heterocycles. The van der Waals surface area contributed by atoms with Crippen molar-refractivity contribution in [2.75, 3.05) is 45.8 Å². The van der Waals surface area contributed by atoms with Gasteiger partial charge in [-0.25, -0.2) is 0 Å². The molecule has 0 saturated carbocycles. The molecule has 0 aromatic rings. The van der Waals surface area contributed by atoms with E-state index in [-0.39, 0.29) is 6.23 Å². The average Bonchev–Trinajstić information content (AvgIpc) is 2.47. The largest absolute Gasteiger partial charge is 0.322 e. The molecule has 0 amide bonds. The molecule has 0 heterocycles. The van der Waals surface area contributed by atoms with Gasteiger partial charge in [0.1, 0.15) is 12.6 Å². The van der Waals surface area contributed by atoms with Gasteiger partial charge in [0, 0.05) is 6.92 Å². The number of likely N-dealkylation sites (N-methyl/N-ethyl adjacent to an activating group) is 1. The molecule has 2 atom stereocenters. The van der Waals surface area contributed by atoms with Crippen molar-refractivity contribution >= 4 is 0 Å². The van der Waals surface area contributed by atoms with Gasteiger partial charge in [-0.1, -0.05) is 0 Å². The van der Waals surface area contributed by atoms with Crippen LogP contribution >= 0.6 is 0 Å². The minimum Gasteiger partial charge on any atom is -0.322 e. The minimum atomic E-state index is 0.289. The van der Waals surface area contributed by atoms with E-state index in [1.165, 1.54) is 19.6 Å². The summed E-state index contributed by atoms with van der Waals surface area (Å²) < 4.78 is 8.64. The molecule has 0 aromatic carbocycles. The van der Waals surface area contributed by atoms with Crippen molar-refractivity contribution in [1.82, 2.24) is 0 Å². The first kappa shape index (κ1) is 19.9. The van der Waals surface area contributed by atoms with Crippen molar-refractivity contribution in [3.8, 4) is 0 Å². The third kappa shape index (κ3) is 4.71. The first-order chi connectivity index (χ1) is 9.39. The van der Waals surface area contributed by atoms with Gasteiger partial charge in [0.25, 0.3) is 0 Å². The Labute approximate surface area is 128 Å². The second-order valence-electron chi connectivity index (χ2n) is 6.19. The van der Waals surface area contributed by atoms with Gasteiger partial charge in [-0.3, -0.25) is 4.48 Å². The molecule has 122 valence electrons. The first-order valence-electron chi connectivity index (χ1n) is 8.75. The maximum absolute atomic E-state index is 6.41. The average molecular weight is 289 g/mol. The molecular weight excluding hydrogens is 248 g/mol. The fourth-order valence-electron chi connectivity index (χ4n) is 3.55. The third-order valence-corrected chi connectivity index (χ3v) is 5.75. The maximum atomic E-state index is 6.41. The van der Waals surface area contributed by atoms with Crippen LogP contribution in [-0.4, -0.2) is 67.1 Å². The zero-order chi connectivity index (χ0) is 15.8. The predicted molar refractivity (Wildman–Crippen MR) is 88.6 cm³/mol. The molecule has 3 nitrogen and oxygen atoms in total. The Morgan fingerprint density at radius 2 is 1.10 bits per heavy atom. The van der Waals surface area contributed by atoms with E-state index in [0.717, 1.165) is 35.1 Å². The van der Waals surface area contributed by atoms with Crippen LogP contribution in [0.3, 0.4) is 0 Å². The number of ether oxygens (including phenoxy) is 1. The number of rotatable bonds is 11. The monoisotopic (exact) mass is 288 g/mol. The van der Waals surface area contributed by atoms with Crippen LogP contribution in [0, 0.1) is 0 Å². The van der Waals surface area contributed by atoms with Crippen LogP contribution in [-0.2, 0) is 4.74 Å². The zero-order valence-electron chi connectivity index (χ0n) is 15.4. The molecule has 0 aromatic heterocycles. The van der Waals surface area contributed by atoms with Crippen molar-refractivity contribution in [1.29, 1.82) is 0 Å². The van der Waals surface area contributed by atoms with E-state index < -0.39 is 0 Å². The number of hydrogen-bond acceptors (Lipinski definition) is 1. The topological polar surface area (TPSA) is 9.23 Å². The zero-order valence-corrected chi connectivity index (χ0v) is 15.4. The number of hydrogen-bond donors (Lipinski definition) is 0. The van der Waals surface area contributed by atoms with E-state index in [0.29, 0.717) is 6.10 Å². The smallest absolute Gasteiger partial charge is 0.190 e. The van der Waals surface area contributed by atoms with Gasteiger partial charge < -0.3 is 9.22 Å². The van der Waals surface area contributed by atoms with E-state index in [4.69, 9.17) is 4.74 Å². The fourth-order valence-corrected chi connectivity index (χ4v) is 3.55. The van der Waals surface area contributed by atoms with Crippen molar-refractivity contribution in [3.05, 3.63) is 0 Å². The summed E-state index contributed by atoms with van der Waals surface area (Å²) in [6, 6.07) is 0. The quantitative estimate of drug-likeness (QED) is 0.418. The molecule has 0 radical (unpaired) electrons. The van der Waals surface area contributed by atoms with Crippen molar-refractivity contribution < 1.29 is 13.7 Å². The second-order valence-corrected chi connectivity index (χ2v) is 6.19. The third-order valence-electron chi connectivity index (χ3n) is 5.75. The lowest BCUT2D eigenvalue weighted by molar-refractivity contribution is -0.969. The molecule has 0 bridgehead atoms. The Morgan fingerprint density at radius 1 is 0.700 bits per heavy atom. The van der Waals surface area contributed by atoms with Crippen LogP contribution in [0.25, 0.3) is 0 Å². The Bertz CT molecular complexity index is 231. The van der Waals surface area contributed by atoms with Crippen LogP contribution in [0.4, 0.5) is 0 Å². The molecule has 0 saturated heterocycles. The van der Waals surface area contributed by atoms with Gasteiger partial charge in [0.05, 0.1) is 39.3 Å². The lowest BCUT2D eigenvalue weighted by Gasteiger charge is -2.43. The first-order valence-corrected chi connectivity index (χ1v) is 8.75. The van der Waals surface area contributed by atoms with Gasteiger partial charge in [0.2, 0.25) is 0 Å². The van der Waals surface area contributed by atoms with Gasteiger partial charge in [-0.05, 0) is 48.5 Å². The molecule has 2 unspecified atom stereocenters. The van der Waals surface area contributed by atoms with Gasteiger partial charge >= 0.3 is 0 Å². The summed E-state index contributed by atoms with van der Waals surface area (Å²) in [6.45, 7) is 26.4. The van der Waals surface area contributed by atoms with Gasteiger partial charge in [-0.2, -0.15) is 0 Å². The Kier molecular flexibility index (Phi) is 8.96. The molecule has 0 aliphatic rings.